The van der Waals surface area contributed by atoms with E-state index in [1.54, 1.807) is 25.1 Å². The molecule has 0 unspecified atom stereocenters. The fourth-order valence-electron chi connectivity index (χ4n) is 5.72. The fraction of sp³-hybridized carbons (Fsp3) is 0.474. The van der Waals surface area contributed by atoms with Crippen LogP contribution in [0.5, 0.6) is 0 Å². The molecule has 46 heavy (non-hydrogen) atoms. The standard InChI is InChI=1S/C38H52N2O5S/c1-27(2)14-13-19-36(29(4)41)39-26-31(21-30-15-9-7-10-16-30)22-38(43)34-23-33(24-35(25-34)40(5)46(6,44)45)37(42)20-28(3)32-17-11-8-12-18-32/h7-12,15-18,23-25,27-29,31,36,39,41H,13-14,19-22,26H2,1-6H3/t28-,29-,31+,36+/m0/s1. The molecular formula is C38H52N2O5S. The van der Waals surface area contributed by atoms with Gasteiger partial charge in [0.2, 0.25) is 10.0 Å². The maximum Gasteiger partial charge on any atom is 0.231 e. The van der Waals surface area contributed by atoms with Crippen LogP contribution >= 0.6 is 0 Å². The van der Waals surface area contributed by atoms with Crippen LogP contribution in [0.1, 0.15) is 97.6 Å². The van der Waals surface area contributed by atoms with Crippen LogP contribution in [-0.4, -0.2) is 57.1 Å². The first-order valence-corrected chi connectivity index (χ1v) is 18.2. The second-order valence-electron chi connectivity index (χ2n) is 13.2. The number of benzene rings is 3. The largest absolute Gasteiger partial charge is 0.392 e. The first-order valence-electron chi connectivity index (χ1n) is 16.4. The normalized spacial score (nSPS) is 14.4. The van der Waals surface area contributed by atoms with Gasteiger partial charge in [-0.15, -0.1) is 0 Å². The van der Waals surface area contributed by atoms with Gasteiger partial charge in [0.05, 0.1) is 18.0 Å². The Kier molecular flexibility index (Phi) is 14.2. The van der Waals surface area contributed by atoms with Crippen molar-refractivity contribution in [3.63, 3.8) is 0 Å². The third-order valence-corrected chi connectivity index (χ3v) is 9.88. The van der Waals surface area contributed by atoms with Crippen LogP contribution in [0, 0.1) is 11.8 Å². The highest BCUT2D eigenvalue weighted by atomic mass is 32.2. The number of ketones is 2. The van der Waals surface area contributed by atoms with Gasteiger partial charge in [-0.2, -0.15) is 0 Å². The summed E-state index contributed by atoms with van der Waals surface area (Å²) in [4.78, 5) is 27.5. The van der Waals surface area contributed by atoms with E-state index in [1.165, 1.54) is 7.05 Å². The Morgan fingerprint density at radius 2 is 1.39 bits per heavy atom. The van der Waals surface area contributed by atoms with Gasteiger partial charge in [-0.25, -0.2) is 8.42 Å². The average molecular weight is 649 g/mol. The summed E-state index contributed by atoms with van der Waals surface area (Å²) in [5.74, 6) is 0.138. The highest BCUT2D eigenvalue weighted by molar-refractivity contribution is 7.92. The van der Waals surface area contributed by atoms with E-state index in [0.717, 1.165) is 41.0 Å². The molecule has 0 aromatic heterocycles. The second kappa shape index (κ2) is 17.5. The van der Waals surface area contributed by atoms with E-state index < -0.39 is 16.1 Å². The molecule has 0 radical (unpaired) electrons. The Hall–Kier alpha value is -3.33. The summed E-state index contributed by atoms with van der Waals surface area (Å²) in [6.07, 6.45) is 4.57. The van der Waals surface area contributed by atoms with Gasteiger partial charge < -0.3 is 10.4 Å². The average Bonchev–Trinajstić information content (AvgIpc) is 3.02. The van der Waals surface area contributed by atoms with Gasteiger partial charge in [-0.05, 0) is 73.4 Å². The summed E-state index contributed by atoms with van der Waals surface area (Å²) in [6, 6.07) is 24.4. The highest BCUT2D eigenvalue weighted by Gasteiger charge is 2.24. The molecule has 0 bridgehead atoms. The molecule has 3 aromatic rings. The number of sulfonamides is 1. The zero-order valence-corrected chi connectivity index (χ0v) is 29.1. The Bertz CT molecular complexity index is 1510. The molecule has 0 saturated heterocycles. The number of hydrogen-bond acceptors (Lipinski definition) is 6. The van der Waals surface area contributed by atoms with Crippen molar-refractivity contribution in [3.05, 3.63) is 101 Å². The molecule has 0 spiro atoms. The van der Waals surface area contributed by atoms with Crippen molar-refractivity contribution in [2.24, 2.45) is 11.8 Å². The molecule has 0 aliphatic rings. The molecule has 3 rings (SSSR count). The quantitative estimate of drug-likeness (QED) is 0.135. The minimum absolute atomic E-state index is 0.0483. The van der Waals surface area contributed by atoms with Crippen molar-refractivity contribution in [2.75, 3.05) is 24.2 Å². The molecule has 0 aliphatic heterocycles. The van der Waals surface area contributed by atoms with Crippen molar-refractivity contribution in [3.8, 4) is 0 Å². The molecule has 250 valence electrons. The summed E-state index contributed by atoms with van der Waals surface area (Å²) in [5, 5.41) is 14.0. The van der Waals surface area contributed by atoms with Crippen LogP contribution in [-0.2, 0) is 16.4 Å². The molecule has 4 atom stereocenters. The van der Waals surface area contributed by atoms with Crippen LogP contribution < -0.4 is 9.62 Å². The zero-order chi connectivity index (χ0) is 33.9. The minimum Gasteiger partial charge on any atom is -0.392 e. The smallest absolute Gasteiger partial charge is 0.231 e. The molecule has 0 saturated carbocycles. The van der Waals surface area contributed by atoms with Crippen molar-refractivity contribution in [2.45, 2.75) is 84.3 Å². The first kappa shape index (κ1) is 37.1. The second-order valence-corrected chi connectivity index (χ2v) is 15.2. The number of aliphatic hydroxyl groups is 1. The van der Waals surface area contributed by atoms with Crippen molar-refractivity contribution in [1.82, 2.24) is 5.32 Å². The lowest BCUT2D eigenvalue weighted by Gasteiger charge is -2.26. The third kappa shape index (κ3) is 11.8. The van der Waals surface area contributed by atoms with Gasteiger partial charge in [0.25, 0.3) is 0 Å². The van der Waals surface area contributed by atoms with E-state index in [-0.39, 0.29) is 48.0 Å². The summed E-state index contributed by atoms with van der Waals surface area (Å²) in [5.41, 5.74) is 3.04. The van der Waals surface area contributed by atoms with Gasteiger partial charge in [0, 0.05) is 37.1 Å². The van der Waals surface area contributed by atoms with Gasteiger partial charge in [0.1, 0.15) is 0 Å². The number of anilines is 1. The maximum absolute atomic E-state index is 14.0. The lowest BCUT2D eigenvalue weighted by Crippen LogP contribution is -2.41. The number of carbonyl (C=O) groups is 2. The van der Waals surface area contributed by atoms with Crippen molar-refractivity contribution >= 4 is 27.3 Å². The van der Waals surface area contributed by atoms with Gasteiger partial charge in [0.15, 0.2) is 11.6 Å². The summed E-state index contributed by atoms with van der Waals surface area (Å²) in [7, 11) is -2.21. The topological polar surface area (TPSA) is 104 Å². The predicted octanol–water partition coefficient (Wildman–Crippen LogP) is 7.06. The highest BCUT2D eigenvalue weighted by Crippen LogP contribution is 2.27. The van der Waals surface area contributed by atoms with E-state index in [2.05, 4.69) is 19.2 Å². The van der Waals surface area contributed by atoms with Gasteiger partial charge in [-0.3, -0.25) is 13.9 Å². The van der Waals surface area contributed by atoms with Crippen molar-refractivity contribution in [1.29, 1.82) is 0 Å². The monoisotopic (exact) mass is 648 g/mol. The summed E-state index contributed by atoms with van der Waals surface area (Å²) in [6.45, 7) is 8.69. The molecule has 2 N–H and O–H groups in total. The number of nitrogens with zero attached hydrogens (tertiary/aromatic N) is 1. The van der Waals surface area contributed by atoms with Gasteiger partial charge in [-0.1, -0.05) is 94.3 Å². The molecule has 0 aliphatic carbocycles. The maximum atomic E-state index is 14.0. The van der Waals surface area contributed by atoms with Gasteiger partial charge >= 0.3 is 0 Å². The van der Waals surface area contributed by atoms with Crippen LogP contribution in [0.25, 0.3) is 0 Å². The molecule has 8 heteroatoms. The number of Topliss-reactive ketones (excluding diaryl/α,β-unsaturated/α-hetero) is 2. The molecule has 3 aromatic carbocycles. The van der Waals surface area contributed by atoms with E-state index >= 15 is 0 Å². The molecule has 7 nitrogen and oxygen atoms in total. The Morgan fingerprint density at radius 1 is 0.826 bits per heavy atom. The Balaban J connectivity index is 1.88. The van der Waals surface area contributed by atoms with Crippen LogP contribution in [0.3, 0.4) is 0 Å². The molecule has 0 heterocycles. The first-order chi connectivity index (χ1) is 21.7. The molecule has 0 amide bonds. The van der Waals surface area contributed by atoms with E-state index in [4.69, 9.17) is 0 Å². The Labute approximate surface area is 276 Å². The SMILES string of the molecule is CC(C)CCC[C@@H](NC[C@@H](CC(=O)c1cc(C(=O)C[C@H](C)c2ccccc2)cc(N(C)S(C)(=O)=O)c1)Cc1ccccc1)[C@H](C)O. The van der Waals surface area contributed by atoms with Crippen LogP contribution in [0.2, 0.25) is 0 Å². The van der Waals surface area contributed by atoms with Crippen LogP contribution in [0.15, 0.2) is 78.9 Å². The van der Waals surface area contributed by atoms with E-state index in [9.17, 15) is 23.1 Å². The predicted molar refractivity (Wildman–Crippen MR) is 188 cm³/mol. The lowest BCUT2D eigenvalue weighted by molar-refractivity contribution is 0.0954. The third-order valence-electron chi connectivity index (χ3n) is 8.67. The number of nitrogens with one attached hydrogen (secondary N) is 1. The number of aliphatic hydroxyl groups excluding tert-OH is 1. The fourth-order valence-corrected chi connectivity index (χ4v) is 6.21. The number of rotatable bonds is 19. The van der Waals surface area contributed by atoms with E-state index in [0.29, 0.717) is 30.0 Å². The lowest BCUT2D eigenvalue weighted by atomic mass is 9.89. The van der Waals surface area contributed by atoms with Crippen LogP contribution in [0.4, 0.5) is 5.69 Å². The van der Waals surface area contributed by atoms with Crippen molar-refractivity contribution < 1.29 is 23.1 Å². The number of hydrogen-bond donors (Lipinski definition) is 2. The minimum atomic E-state index is -3.63. The number of carbonyl (C=O) groups excluding carboxylic acids is 2. The molecule has 0 fully saturated rings. The molecular weight excluding hydrogens is 596 g/mol. The Morgan fingerprint density at radius 3 is 1.93 bits per heavy atom. The summed E-state index contributed by atoms with van der Waals surface area (Å²) >= 11 is 0. The summed E-state index contributed by atoms with van der Waals surface area (Å²) < 4.78 is 26.1. The van der Waals surface area contributed by atoms with E-state index in [1.807, 2.05) is 67.6 Å². The zero-order valence-electron chi connectivity index (χ0n) is 28.3.